The zero-order valence-corrected chi connectivity index (χ0v) is 14.0. The molecule has 0 fully saturated rings. The van der Waals surface area contributed by atoms with Gasteiger partial charge in [0.15, 0.2) is 0 Å². The van der Waals surface area contributed by atoms with Gasteiger partial charge in [-0.15, -0.1) is 0 Å². The second-order valence-corrected chi connectivity index (χ2v) is 6.27. The standard InChI is InChI=1S/C16H25ClN2O2/c1-5-16(2,3)18-15(20)12-19(4)9-10-21-14-8-6-7-13(17)11-14/h6-8,11H,5,9-10,12H2,1-4H3,(H,18,20). The first-order valence-electron chi connectivity index (χ1n) is 7.20. The van der Waals surface area contributed by atoms with Gasteiger partial charge in [0.05, 0.1) is 6.54 Å². The molecule has 1 aromatic rings. The molecule has 0 unspecified atom stereocenters. The van der Waals surface area contributed by atoms with E-state index in [-0.39, 0.29) is 11.4 Å². The molecular weight excluding hydrogens is 288 g/mol. The quantitative estimate of drug-likeness (QED) is 0.802. The molecule has 21 heavy (non-hydrogen) atoms. The van der Waals surface area contributed by atoms with Crippen molar-refractivity contribution in [1.29, 1.82) is 0 Å². The third kappa shape index (κ3) is 7.34. The molecule has 0 spiro atoms. The number of carbonyl (C=O) groups is 1. The van der Waals surface area contributed by atoms with Crippen molar-refractivity contribution in [3.63, 3.8) is 0 Å². The monoisotopic (exact) mass is 312 g/mol. The first-order valence-corrected chi connectivity index (χ1v) is 7.58. The zero-order chi connectivity index (χ0) is 15.9. The maximum Gasteiger partial charge on any atom is 0.234 e. The van der Waals surface area contributed by atoms with Gasteiger partial charge < -0.3 is 10.1 Å². The van der Waals surface area contributed by atoms with Crippen LogP contribution < -0.4 is 10.1 Å². The Morgan fingerprint density at radius 3 is 2.76 bits per heavy atom. The number of nitrogens with zero attached hydrogens (tertiary/aromatic N) is 1. The minimum absolute atomic E-state index is 0.0344. The van der Waals surface area contributed by atoms with Crippen LogP contribution in [0.15, 0.2) is 24.3 Å². The van der Waals surface area contributed by atoms with Crippen molar-refractivity contribution in [2.24, 2.45) is 0 Å². The Labute approximate surface area is 132 Å². The summed E-state index contributed by atoms with van der Waals surface area (Å²) in [6.07, 6.45) is 0.903. The van der Waals surface area contributed by atoms with Crippen molar-refractivity contribution in [1.82, 2.24) is 10.2 Å². The lowest BCUT2D eigenvalue weighted by Gasteiger charge is -2.26. The number of carbonyl (C=O) groups excluding carboxylic acids is 1. The van der Waals surface area contributed by atoms with Crippen molar-refractivity contribution in [2.45, 2.75) is 32.7 Å². The van der Waals surface area contributed by atoms with Gasteiger partial charge in [-0.1, -0.05) is 24.6 Å². The largest absolute Gasteiger partial charge is 0.492 e. The molecule has 0 atom stereocenters. The van der Waals surface area contributed by atoms with E-state index in [0.29, 0.717) is 24.7 Å². The van der Waals surface area contributed by atoms with Crippen LogP contribution in [0.3, 0.4) is 0 Å². The number of rotatable bonds is 8. The molecule has 0 aliphatic carbocycles. The van der Waals surface area contributed by atoms with E-state index in [4.69, 9.17) is 16.3 Å². The maximum atomic E-state index is 11.9. The van der Waals surface area contributed by atoms with E-state index in [0.717, 1.165) is 12.2 Å². The Bertz CT molecular complexity index is 463. The van der Waals surface area contributed by atoms with Crippen LogP contribution in [0, 0.1) is 0 Å². The summed E-state index contributed by atoms with van der Waals surface area (Å²) in [6, 6.07) is 7.29. The summed E-state index contributed by atoms with van der Waals surface area (Å²) in [5.74, 6) is 0.777. The summed E-state index contributed by atoms with van der Waals surface area (Å²) in [5, 5.41) is 3.67. The lowest BCUT2D eigenvalue weighted by Crippen LogP contribution is -2.47. The normalized spacial score (nSPS) is 11.5. The van der Waals surface area contributed by atoms with Crippen LogP contribution in [0.25, 0.3) is 0 Å². The van der Waals surface area contributed by atoms with Gasteiger partial charge in [-0.3, -0.25) is 9.69 Å². The van der Waals surface area contributed by atoms with E-state index < -0.39 is 0 Å². The molecule has 1 N–H and O–H groups in total. The van der Waals surface area contributed by atoms with Crippen LogP contribution >= 0.6 is 11.6 Å². The van der Waals surface area contributed by atoms with Crippen LogP contribution in [-0.4, -0.2) is 43.1 Å². The number of hydrogen-bond donors (Lipinski definition) is 1. The summed E-state index contributed by atoms with van der Waals surface area (Å²) in [6.45, 7) is 7.65. The van der Waals surface area contributed by atoms with Crippen LogP contribution in [0.1, 0.15) is 27.2 Å². The van der Waals surface area contributed by atoms with Crippen molar-refractivity contribution in [3.8, 4) is 5.75 Å². The summed E-state index contributed by atoms with van der Waals surface area (Å²) >= 11 is 5.89. The molecule has 0 heterocycles. The second kappa shape index (κ2) is 8.25. The lowest BCUT2D eigenvalue weighted by atomic mass is 10.0. The predicted molar refractivity (Wildman–Crippen MR) is 87.0 cm³/mol. The Balaban J connectivity index is 2.28. The molecule has 0 saturated carbocycles. The Morgan fingerprint density at radius 2 is 2.14 bits per heavy atom. The molecule has 0 aliphatic heterocycles. The molecule has 118 valence electrons. The van der Waals surface area contributed by atoms with Crippen molar-refractivity contribution in [3.05, 3.63) is 29.3 Å². The van der Waals surface area contributed by atoms with Crippen molar-refractivity contribution >= 4 is 17.5 Å². The average Bonchev–Trinajstić information content (AvgIpc) is 2.38. The first kappa shape index (κ1) is 17.8. The molecule has 0 aliphatic rings. The van der Waals surface area contributed by atoms with Crippen molar-refractivity contribution < 1.29 is 9.53 Å². The number of amides is 1. The lowest BCUT2D eigenvalue weighted by molar-refractivity contribution is -0.123. The van der Waals surface area contributed by atoms with E-state index in [1.807, 2.05) is 37.9 Å². The molecule has 5 heteroatoms. The molecule has 4 nitrogen and oxygen atoms in total. The average molecular weight is 313 g/mol. The number of ether oxygens (including phenoxy) is 1. The maximum absolute atomic E-state index is 11.9. The Hall–Kier alpha value is -1.26. The van der Waals surface area contributed by atoms with E-state index >= 15 is 0 Å². The highest BCUT2D eigenvalue weighted by atomic mass is 35.5. The first-order chi connectivity index (χ1) is 9.82. The van der Waals surface area contributed by atoms with E-state index in [9.17, 15) is 4.79 Å². The number of nitrogens with one attached hydrogen (secondary N) is 1. The third-order valence-electron chi connectivity index (χ3n) is 3.31. The van der Waals surface area contributed by atoms with E-state index in [1.165, 1.54) is 0 Å². The highest BCUT2D eigenvalue weighted by Gasteiger charge is 2.18. The minimum Gasteiger partial charge on any atom is -0.492 e. The zero-order valence-electron chi connectivity index (χ0n) is 13.3. The molecule has 1 aromatic carbocycles. The molecule has 0 radical (unpaired) electrons. The second-order valence-electron chi connectivity index (χ2n) is 5.83. The predicted octanol–water partition coefficient (Wildman–Crippen LogP) is 2.96. The number of likely N-dealkylation sites (N-methyl/N-ethyl adjacent to an activating group) is 1. The van der Waals surface area contributed by atoms with E-state index in [1.54, 1.807) is 12.1 Å². The summed E-state index contributed by atoms with van der Waals surface area (Å²) in [5.41, 5.74) is -0.158. The number of benzene rings is 1. The number of hydrogen-bond acceptors (Lipinski definition) is 3. The van der Waals surface area contributed by atoms with Gasteiger partial charge in [0.2, 0.25) is 5.91 Å². The SMILES string of the molecule is CCC(C)(C)NC(=O)CN(C)CCOc1cccc(Cl)c1. The molecular formula is C16H25ClN2O2. The Morgan fingerprint density at radius 1 is 1.43 bits per heavy atom. The van der Waals surface area contributed by atoms with Gasteiger partial charge in [-0.2, -0.15) is 0 Å². The third-order valence-corrected chi connectivity index (χ3v) is 3.55. The highest BCUT2D eigenvalue weighted by molar-refractivity contribution is 6.30. The smallest absolute Gasteiger partial charge is 0.234 e. The highest BCUT2D eigenvalue weighted by Crippen LogP contribution is 2.16. The van der Waals surface area contributed by atoms with Crippen LogP contribution in [-0.2, 0) is 4.79 Å². The summed E-state index contributed by atoms with van der Waals surface area (Å²) in [7, 11) is 1.90. The number of halogens is 1. The molecule has 1 amide bonds. The van der Waals surface area contributed by atoms with Crippen LogP contribution in [0.2, 0.25) is 5.02 Å². The molecule has 0 aromatic heterocycles. The van der Waals surface area contributed by atoms with Crippen LogP contribution in [0.5, 0.6) is 5.75 Å². The molecule has 1 rings (SSSR count). The van der Waals surface area contributed by atoms with Crippen molar-refractivity contribution in [2.75, 3.05) is 26.7 Å². The molecule has 0 bridgehead atoms. The van der Waals surface area contributed by atoms with Gasteiger partial charge in [0.25, 0.3) is 0 Å². The van der Waals surface area contributed by atoms with Gasteiger partial charge in [0, 0.05) is 17.1 Å². The molecule has 0 saturated heterocycles. The van der Waals surface area contributed by atoms with Gasteiger partial charge in [-0.25, -0.2) is 0 Å². The Kier molecular flexibility index (Phi) is 6.99. The fourth-order valence-corrected chi connectivity index (χ4v) is 1.89. The topological polar surface area (TPSA) is 41.6 Å². The fourth-order valence-electron chi connectivity index (χ4n) is 1.71. The van der Waals surface area contributed by atoms with Crippen LogP contribution in [0.4, 0.5) is 0 Å². The fraction of sp³-hybridized carbons (Fsp3) is 0.562. The van der Waals surface area contributed by atoms with Gasteiger partial charge >= 0.3 is 0 Å². The summed E-state index contributed by atoms with van der Waals surface area (Å²) in [4.78, 5) is 13.8. The van der Waals surface area contributed by atoms with E-state index in [2.05, 4.69) is 12.2 Å². The van der Waals surface area contributed by atoms with Gasteiger partial charge in [-0.05, 0) is 45.5 Å². The minimum atomic E-state index is -0.158. The van der Waals surface area contributed by atoms with Gasteiger partial charge in [0.1, 0.15) is 12.4 Å². The summed E-state index contributed by atoms with van der Waals surface area (Å²) < 4.78 is 5.60.